The van der Waals surface area contributed by atoms with E-state index in [1.165, 1.54) is 11.3 Å². The minimum Gasteiger partial charge on any atom is -0.493 e. The van der Waals surface area contributed by atoms with Crippen LogP contribution in [0.25, 0.3) is 10.6 Å². The highest BCUT2D eigenvalue weighted by molar-refractivity contribution is 7.18. The van der Waals surface area contributed by atoms with Crippen LogP contribution in [-0.4, -0.2) is 50.6 Å². The fourth-order valence-electron chi connectivity index (χ4n) is 2.80. The largest absolute Gasteiger partial charge is 0.493 e. The van der Waals surface area contributed by atoms with Crippen molar-refractivity contribution in [3.05, 3.63) is 53.1 Å². The molecule has 0 radical (unpaired) electrons. The van der Waals surface area contributed by atoms with Gasteiger partial charge in [-0.2, -0.15) is 0 Å². The molecule has 30 heavy (non-hydrogen) atoms. The van der Waals surface area contributed by atoms with Gasteiger partial charge in [0.05, 0.1) is 33.8 Å². The molecule has 0 aliphatic heterocycles. The summed E-state index contributed by atoms with van der Waals surface area (Å²) >= 11 is 7.30. The third-order valence-electron chi connectivity index (χ3n) is 4.36. The number of nitrogens with zero attached hydrogens (tertiary/aromatic N) is 3. The van der Waals surface area contributed by atoms with Crippen molar-refractivity contribution in [1.82, 2.24) is 10.2 Å². The number of amides is 1. The van der Waals surface area contributed by atoms with Crippen LogP contribution in [0.15, 0.2) is 42.5 Å². The van der Waals surface area contributed by atoms with Gasteiger partial charge in [0.2, 0.25) is 11.0 Å². The van der Waals surface area contributed by atoms with Crippen molar-refractivity contribution in [3.8, 4) is 22.1 Å². The fraction of sp³-hybridized carbons (Fsp3) is 0.286. The van der Waals surface area contributed by atoms with Gasteiger partial charge >= 0.3 is 0 Å². The summed E-state index contributed by atoms with van der Waals surface area (Å²) in [6.07, 6.45) is 0.180. The van der Waals surface area contributed by atoms with E-state index in [-0.39, 0.29) is 12.3 Å². The average molecular weight is 448 g/mol. The van der Waals surface area contributed by atoms with E-state index in [1.807, 2.05) is 18.2 Å². The Labute approximate surface area is 184 Å². The molecule has 0 unspecified atom stereocenters. The lowest BCUT2D eigenvalue weighted by atomic mass is 10.1. The number of hydrogen-bond acceptors (Lipinski definition) is 7. The van der Waals surface area contributed by atoms with Gasteiger partial charge in [0, 0.05) is 17.7 Å². The quantitative estimate of drug-likeness (QED) is 0.491. The van der Waals surface area contributed by atoms with E-state index in [0.717, 1.165) is 11.1 Å². The van der Waals surface area contributed by atoms with Crippen LogP contribution in [0.1, 0.15) is 5.56 Å². The van der Waals surface area contributed by atoms with E-state index in [2.05, 4.69) is 10.2 Å². The summed E-state index contributed by atoms with van der Waals surface area (Å²) in [7, 11) is 4.73. The summed E-state index contributed by atoms with van der Waals surface area (Å²) < 4.78 is 15.8. The van der Waals surface area contributed by atoms with Crippen molar-refractivity contribution in [2.45, 2.75) is 6.42 Å². The number of ether oxygens (including phenoxy) is 3. The lowest BCUT2D eigenvalue weighted by Crippen LogP contribution is -2.35. The highest BCUT2D eigenvalue weighted by Crippen LogP contribution is 2.31. The van der Waals surface area contributed by atoms with Crippen LogP contribution in [0.2, 0.25) is 5.02 Å². The summed E-state index contributed by atoms with van der Waals surface area (Å²) in [6, 6.07) is 12.8. The number of benzene rings is 2. The molecule has 1 heterocycles. The standard InChI is InChI=1S/C21H22ClN3O4S/c1-27-11-10-25(19(26)13-14-4-9-17(28-2)18(12-14)29-3)21-24-23-20(30-21)15-5-7-16(22)8-6-15/h4-9,12H,10-11,13H2,1-3H3. The molecule has 158 valence electrons. The number of halogens is 1. The molecule has 9 heteroatoms. The first-order valence-electron chi connectivity index (χ1n) is 9.15. The van der Waals surface area contributed by atoms with Crippen LogP contribution >= 0.6 is 22.9 Å². The Kier molecular flexibility index (Phi) is 7.62. The minimum absolute atomic E-state index is 0.113. The molecule has 0 N–H and O–H groups in total. The second kappa shape index (κ2) is 10.4. The van der Waals surface area contributed by atoms with Gasteiger partial charge < -0.3 is 14.2 Å². The maximum absolute atomic E-state index is 13.1. The van der Waals surface area contributed by atoms with Gasteiger partial charge in [0.15, 0.2) is 11.5 Å². The van der Waals surface area contributed by atoms with Crippen molar-refractivity contribution < 1.29 is 19.0 Å². The fourth-order valence-corrected chi connectivity index (χ4v) is 3.82. The van der Waals surface area contributed by atoms with Crippen LogP contribution in [-0.2, 0) is 16.0 Å². The molecule has 3 rings (SSSR count). The predicted molar refractivity (Wildman–Crippen MR) is 118 cm³/mol. The van der Waals surface area contributed by atoms with E-state index in [9.17, 15) is 4.79 Å². The molecule has 3 aromatic rings. The lowest BCUT2D eigenvalue weighted by Gasteiger charge is -2.19. The number of carbonyl (C=O) groups excluding carboxylic acids is 1. The van der Waals surface area contributed by atoms with Gasteiger partial charge in [0.1, 0.15) is 5.01 Å². The van der Waals surface area contributed by atoms with Crippen molar-refractivity contribution in [2.24, 2.45) is 0 Å². The highest BCUT2D eigenvalue weighted by atomic mass is 35.5. The lowest BCUT2D eigenvalue weighted by molar-refractivity contribution is -0.118. The molecule has 7 nitrogen and oxygen atoms in total. The van der Waals surface area contributed by atoms with Crippen molar-refractivity contribution in [3.63, 3.8) is 0 Å². The molecule has 0 bridgehead atoms. The van der Waals surface area contributed by atoms with E-state index >= 15 is 0 Å². The van der Waals surface area contributed by atoms with Gasteiger partial charge in [-0.1, -0.05) is 41.1 Å². The summed E-state index contributed by atoms with van der Waals surface area (Å²) in [5.41, 5.74) is 1.70. The summed E-state index contributed by atoms with van der Waals surface area (Å²) in [6.45, 7) is 0.755. The number of hydrogen-bond donors (Lipinski definition) is 0. The van der Waals surface area contributed by atoms with Crippen LogP contribution in [0, 0.1) is 0 Å². The third kappa shape index (κ3) is 5.27. The van der Waals surface area contributed by atoms with E-state index in [1.54, 1.807) is 50.5 Å². The molecular weight excluding hydrogens is 426 g/mol. The number of methoxy groups -OCH3 is 3. The van der Waals surface area contributed by atoms with Gasteiger partial charge in [-0.3, -0.25) is 9.69 Å². The number of rotatable bonds is 9. The van der Waals surface area contributed by atoms with Crippen LogP contribution in [0.4, 0.5) is 5.13 Å². The average Bonchev–Trinajstić information content (AvgIpc) is 3.24. The monoisotopic (exact) mass is 447 g/mol. The SMILES string of the molecule is COCCN(C(=O)Cc1ccc(OC)c(OC)c1)c1nnc(-c2ccc(Cl)cc2)s1. The molecule has 0 atom stereocenters. The maximum atomic E-state index is 13.1. The highest BCUT2D eigenvalue weighted by Gasteiger charge is 2.21. The molecule has 0 aliphatic rings. The van der Waals surface area contributed by atoms with Gasteiger partial charge in [-0.05, 0) is 29.8 Å². The van der Waals surface area contributed by atoms with E-state index in [4.69, 9.17) is 25.8 Å². The number of aromatic nitrogens is 2. The Morgan fingerprint density at radius 2 is 1.77 bits per heavy atom. The van der Waals surface area contributed by atoms with Crippen LogP contribution < -0.4 is 14.4 Å². The molecule has 0 fully saturated rings. The Morgan fingerprint density at radius 1 is 1.03 bits per heavy atom. The molecule has 0 saturated carbocycles. The second-order valence-electron chi connectivity index (χ2n) is 6.30. The number of carbonyl (C=O) groups is 1. The zero-order valence-corrected chi connectivity index (χ0v) is 18.5. The van der Waals surface area contributed by atoms with Gasteiger partial charge in [0.25, 0.3) is 0 Å². The Balaban J connectivity index is 1.82. The zero-order valence-electron chi connectivity index (χ0n) is 16.9. The van der Waals surface area contributed by atoms with Crippen LogP contribution in [0.3, 0.4) is 0 Å². The first-order valence-corrected chi connectivity index (χ1v) is 10.3. The number of anilines is 1. The van der Waals surface area contributed by atoms with E-state index in [0.29, 0.717) is 39.8 Å². The molecule has 0 aliphatic carbocycles. The van der Waals surface area contributed by atoms with Crippen molar-refractivity contribution in [2.75, 3.05) is 39.4 Å². The smallest absolute Gasteiger partial charge is 0.233 e. The van der Waals surface area contributed by atoms with Crippen molar-refractivity contribution in [1.29, 1.82) is 0 Å². The molecule has 0 spiro atoms. The topological polar surface area (TPSA) is 73.8 Å². The first kappa shape index (κ1) is 22.0. The summed E-state index contributed by atoms with van der Waals surface area (Å²) in [5, 5.41) is 10.3. The summed E-state index contributed by atoms with van der Waals surface area (Å²) in [5.74, 6) is 1.08. The molecule has 2 aromatic carbocycles. The van der Waals surface area contributed by atoms with Crippen LogP contribution in [0.5, 0.6) is 11.5 Å². The van der Waals surface area contributed by atoms with Gasteiger partial charge in [-0.25, -0.2) is 0 Å². The maximum Gasteiger partial charge on any atom is 0.233 e. The second-order valence-corrected chi connectivity index (χ2v) is 7.69. The Morgan fingerprint density at radius 3 is 2.43 bits per heavy atom. The van der Waals surface area contributed by atoms with E-state index < -0.39 is 0 Å². The normalized spacial score (nSPS) is 10.7. The third-order valence-corrected chi connectivity index (χ3v) is 5.61. The Bertz CT molecular complexity index is 994. The molecule has 0 saturated heterocycles. The molecule has 1 amide bonds. The predicted octanol–water partition coefficient (Wildman–Crippen LogP) is 4.10. The van der Waals surface area contributed by atoms with Gasteiger partial charge in [-0.15, -0.1) is 10.2 Å². The first-order chi connectivity index (χ1) is 14.5. The van der Waals surface area contributed by atoms with Crippen molar-refractivity contribution >= 4 is 34.0 Å². The zero-order chi connectivity index (χ0) is 21.5. The Hall–Kier alpha value is -2.68. The molecular formula is C21H22ClN3O4S. The summed E-state index contributed by atoms with van der Waals surface area (Å²) in [4.78, 5) is 14.7. The molecule has 1 aromatic heterocycles. The minimum atomic E-state index is -0.113.